The van der Waals surface area contributed by atoms with E-state index in [1.165, 1.54) is 25.7 Å². The summed E-state index contributed by atoms with van der Waals surface area (Å²) in [6, 6.07) is 7.91. The van der Waals surface area contributed by atoms with Gasteiger partial charge in [0.25, 0.3) is 0 Å². The molecule has 1 aliphatic heterocycles. The molecule has 5 nitrogen and oxygen atoms in total. The number of hydrogen-bond donors (Lipinski definition) is 2. The van der Waals surface area contributed by atoms with Gasteiger partial charge in [-0.2, -0.15) is 0 Å². The van der Waals surface area contributed by atoms with Crippen LogP contribution in [0.4, 0.5) is 5.69 Å². The number of nitrogens with two attached hydrogens (primary N) is 1. The van der Waals surface area contributed by atoms with E-state index in [2.05, 4.69) is 5.32 Å². The normalized spacial score (nSPS) is 20.0. The molecule has 0 atom stereocenters. The first-order valence-corrected chi connectivity index (χ1v) is 9.02. The summed E-state index contributed by atoms with van der Waals surface area (Å²) in [5, 5.41) is 3.01. The fourth-order valence-corrected chi connectivity index (χ4v) is 3.50. The van der Waals surface area contributed by atoms with Gasteiger partial charge in [0.1, 0.15) is 0 Å². The van der Waals surface area contributed by atoms with Crippen LogP contribution < -0.4 is 11.1 Å². The third-order valence-electron chi connectivity index (χ3n) is 5.32. The second kappa shape index (κ2) is 9.53. The zero-order chi connectivity index (χ0) is 16.8. The van der Waals surface area contributed by atoms with E-state index in [0.717, 1.165) is 11.3 Å². The number of ether oxygens (including phenoxy) is 2. The first-order valence-electron chi connectivity index (χ1n) is 9.02. The van der Waals surface area contributed by atoms with Crippen molar-refractivity contribution in [2.75, 3.05) is 25.1 Å². The zero-order valence-electron chi connectivity index (χ0n) is 14.7. The van der Waals surface area contributed by atoms with Crippen LogP contribution in [0.5, 0.6) is 0 Å². The number of carbonyl (C=O) groups is 1. The van der Waals surface area contributed by atoms with Crippen LogP contribution in [0, 0.1) is 5.41 Å². The van der Waals surface area contributed by atoms with E-state index in [0.29, 0.717) is 45.3 Å². The van der Waals surface area contributed by atoms with Crippen molar-refractivity contribution in [3.8, 4) is 0 Å². The van der Waals surface area contributed by atoms with Crippen molar-refractivity contribution in [3.63, 3.8) is 0 Å². The molecule has 140 valence electrons. The van der Waals surface area contributed by atoms with Gasteiger partial charge in [0.15, 0.2) is 0 Å². The van der Waals surface area contributed by atoms with Gasteiger partial charge in [-0.3, -0.25) is 4.79 Å². The van der Waals surface area contributed by atoms with Crippen molar-refractivity contribution < 1.29 is 14.3 Å². The van der Waals surface area contributed by atoms with Gasteiger partial charge in [-0.05, 0) is 43.4 Å². The van der Waals surface area contributed by atoms with E-state index < -0.39 is 5.41 Å². The summed E-state index contributed by atoms with van der Waals surface area (Å²) in [6.07, 6.45) is 6.71. The van der Waals surface area contributed by atoms with Crippen molar-refractivity contribution in [1.29, 1.82) is 0 Å². The Bertz CT molecular complexity index is 538. The van der Waals surface area contributed by atoms with Crippen molar-refractivity contribution in [3.05, 3.63) is 29.8 Å². The van der Waals surface area contributed by atoms with E-state index in [4.69, 9.17) is 15.2 Å². The summed E-state index contributed by atoms with van der Waals surface area (Å²) in [6.45, 7) is 2.20. The Morgan fingerprint density at radius 1 is 1.20 bits per heavy atom. The minimum Gasteiger partial charge on any atom is -0.381 e. The second-order valence-electron chi connectivity index (χ2n) is 6.97. The highest BCUT2D eigenvalue weighted by Gasteiger charge is 2.38. The molecule has 2 aliphatic rings. The lowest BCUT2D eigenvalue weighted by atomic mass is 9.79. The summed E-state index contributed by atoms with van der Waals surface area (Å²) < 4.78 is 11.3. The molecule has 1 saturated carbocycles. The Labute approximate surface area is 156 Å². The molecule has 0 bridgehead atoms. The molecule has 3 N–H and O–H groups in total. The number of rotatable bonds is 6. The number of amides is 1. The summed E-state index contributed by atoms with van der Waals surface area (Å²) in [5.74, 6) is 0.00301. The van der Waals surface area contributed by atoms with Gasteiger partial charge in [0.05, 0.1) is 18.1 Å². The lowest BCUT2D eigenvalue weighted by Crippen LogP contribution is -2.46. The minimum atomic E-state index is -0.498. The first-order chi connectivity index (χ1) is 11.7. The number of hydrogen-bond acceptors (Lipinski definition) is 4. The number of anilines is 1. The monoisotopic (exact) mass is 368 g/mol. The predicted molar refractivity (Wildman–Crippen MR) is 101 cm³/mol. The van der Waals surface area contributed by atoms with Gasteiger partial charge >= 0.3 is 0 Å². The molecule has 6 heteroatoms. The highest BCUT2D eigenvalue weighted by atomic mass is 35.5. The standard InChI is InChI=1S/C19H28N2O3.ClH/c20-14-19(9-11-23-12-10-19)18(22)21-16-7-5-15(6-8-16)13-24-17-3-1-2-4-17;/h5-8,17H,1-4,9-14,20H2,(H,21,22);1H. The van der Waals surface area contributed by atoms with Crippen LogP contribution in [-0.4, -0.2) is 31.8 Å². The molecule has 0 unspecified atom stereocenters. The predicted octanol–water partition coefficient (Wildman–Crippen LogP) is 3.26. The van der Waals surface area contributed by atoms with Crippen molar-refractivity contribution >= 4 is 24.0 Å². The average molecular weight is 369 g/mol. The van der Waals surface area contributed by atoms with Crippen molar-refractivity contribution in [2.24, 2.45) is 11.1 Å². The van der Waals surface area contributed by atoms with Gasteiger partial charge in [-0.1, -0.05) is 25.0 Å². The molecule has 1 aromatic rings. The number of halogens is 1. The van der Waals surface area contributed by atoms with Crippen LogP contribution in [0.3, 0.4) is 0 Å². The summed E-state index contributed by atoms with van der Waals surface area (Å²) in [5.41, 5.74) is 7.33. The third-order valence-corrected chi connectivity index (χ3v) is 5.32. The van der Waals surface area contributed by atoms with E-state index in [1.807, 2.05) is 24.3 Å². The Morgan fingerprint density at radius 3 is 2.44 bits per heavy atom. The smallest absolute Gasteiger partial charge is 0.232 e. The first kappa shape index (κ1) is 20.2. The molecule has 25 heavy (non-hydrogen) atoms. The SMILES string of the molecule is Cl.NCC1(C(=O)Nc2ccc(COC3CCCC3)cc2)CCOCC1. The Balaban J connectivity index is 0.00000225. The van der Waals surface area contributed by atoms with Gasteiger partial charge < -0.3 is 20.5 Å². The topological polar surface area (TPSA) is 73.6 Å². The van der Waals surface area contributed by atoms with Crippen LogP contribution in [0.25, 0.3) is 0 Å². The molecule has 0 aromatic heterocycles. The van der Waals surface area contributed by atoms with Crippen molar-refractivity contribution in [2.45, 2.75) is 51.2 Å². The maximum Gasteiger partial charge on any atom is 0.232 e. The number of carbonyl (C=O) groups excluding carboxylic acids is 1. The molecule has 1 amide bonds. The van der Waals surface area contributed by atoms with Crippen molar-refractivity contribution in [1.82, 2.24) is 0 Å². The molecule has 0 radical (unpaired) electrons. The summed E-state index contributed by atoms with van der Waals surface area (Å²) >= 11 is 0. The van der Waals surface area contributed by atoms with E-state index in [-0.39, 0.29) is 18.3 Å². The van der Waals surface area contributed by atoms with Crippen LogP contribution in [0.15, 0.2) is 24.3 Å². The Morgan fingerprint density at radius 2 is 1.84 bits per heavy atom. The molecule has 1 saturated heterocycles. The van der Waals surface area contributed by atoms with Crippen LogP contribution in [0.1, 0.15) is 44.1 Å². The van der Waals surface area contributed by atoms with Gasteiger partial charge in [0.2, 0.25) is 5.91 Å². The Hall–Kier alpha value is -1.14. The molecule has 1 aromatic carbocycles. The third kappa shape index (κ3) is 5.17. The Kier molecular flexibility index (Phi) is 7.69. The largest absolute Gasteiger partial charge is 0.381 e. The maximum absolute atomic E-state index is 12.6. The zero-order valence-corrected chi connectivity index (χ0v) is 15.5. The van der Waals surface area contributed by atoms with Crippen LogP contribution in [-0.2, 0) is 20.9 Å². The summed E-state index contributed by atoms with van der Waals surface area (Å²) in [4.78, 5) is 12.6. The number of benzene rings is 1. The fourth-order valence-electron chi connectivity index (χ4n) is 3.50. The van der Waals surface area contributed by atoms with E-state index in [1.54, 1.807) is 0 Å². The van der Waals surface area contributed by atoms with Gasteiger partial charge in [-0.25, -0.2) is 0 Å². The molecule has 1 aliphatic carbocycles. The van der Waals surface area contributed by atoms with Gasteiger partial charge in [0, 0.05) is 25.4 Å². The highest BCUT2D eigenvalue weighted by Crippen LogP contribution is 2.31. The van der Waals surface area contributed by atoms with Crippen LogP contribution in [0.2, 0.25) is 0 Å². The molecular weight excluding hydrogens is 340 g/mol. The second-order valence-corrected chi connectivity index (χ2v) is 6.97. The highest BCUT2D eigenvalue weighted by molar-refractivity contribution is 5.95. The average Bonchev–Trinajstić information content (AvgIpc) is 3.15. The molecule has 1 heterocycles. The van der Waals surface area contributed by atoms with E-state index >= 15 is 0 Å². The minimum absolute atomic E-state index is 0. The lowest BCUT2D eigenvalue weighted by molar-refractivity contribution is -0.130. The quantitative estimate of drug-likeness (QED) is 0.808. The maximum atomic E-state index is 12.6. The lowest BCUT2D eigenvalue weighted by Gasteiger charge is -2.34. The fraction of sp³-hybridized carbons (Fsp3) is 0.632. The molecule has 0 spiro atoms. The molecule has 2 fully saturated rings. The molecular formula is C19H29ClN2O3. The van der Waals surface area contributed by atoms with Crippen LogP contribution >= 0.6 is 12.4 Å². The van der Waals surface area contributed by atoms with Gasteiger partial charge in [-0.15, -0.1) is 12.4 Å². The van der Waals surface area contributed by atoms with E-state index in [9.17, 15) is 4.79 Å². The summed E-state index contributed by atoms with van der Waals surface area (Å²) in [7, 11) is 0. The number of nitrogens with one attached hydrogen (secondary N) is 1. The molecule has 3 rings (SSSR count).